The van der Waals surface area contributed by atoms with Crippen LogP contribution in [0.3, 0.4) is 0 Å². The van der Waals surface area contributed by atoms with E-state index in [0.29, 0.717) is 18.0 Å². The summed E-state index contributed by atoms with van der Waals surface area (Å²) in [4.78, 5) is 25.2. The van der Waals surface area contributed by atoms with Crippen LogP contribution in [0.25, 0.3) is 0 Å². The molecule has 2 amide bonds. The highest BCUT2D eigenvalue weighted by atomic mass is 16.5. The van der Waals surface area contributed by atoms with Crippen molar-refractivity contribution in [1.29, 1.82) is 0 Å². The Kier molecular flexibility index (Phi) is 8.92. The van der Waals surface area contributed by atoms with Gasteiger partial charge in [0.15, 0.2) is 13.1 Å². The first-order chi connectivity index (χ1) is 12.3. The topological polar surface area (TPSA) is 81.1 Å². The fraction of sp³-hybridized carbons (Fsp3) is 0.579. The Labute approximate surface area is 156 Å². The third kappa shape index (κ3) is 6.92. The lowest BCUT2D eigenvalue weighted by Crippen LogP contribution is -3.14. The monoisotopic (exact) mass is 366 g/mol. The summed E-state index contributed by atoms with van der Waals surface area (Å²) in [5, 5.41) is 5.83. The van der Waals surface area contributed by atoms with E-state index in [0.717, 1.165) is 10.5 Å². The molecule has 1 aromatic rings. The van der Waals surface area contributed by atoms with Gasteiger partial charge in [-0.1, -0.05) is 0 Å². The van der Waals surface area contributed by atoms with Crippen molar-refractivity contribution in [1.82, 2.24) is 10.6 Å². The molecule has 0 radical (unpaired) electrons. The molecule has 1 aromatic carbocycles. The molecule has 146 valence electrons. The van der Waals surface area contributed by atoms with Crippen molar-refractivity contribution >= 4 is 11.8 Å². The van der Waals surface area contributed by atoms with E-state index in [1.54, 1.807) is 14.2 Å². The number of amides is 2. The van der Waals surface area contributed by atoms with Crippen LogP contribution in [0, 0.1) is 0 Å². The van der Waals surface area contributed by atoms with E-state index >= 15 is 0 Å². The summed E-state index contributed by atoms with van der Waals surface area (Å²) in [5.74, 6) is 1.23. The van der Waals surface area contributed by atoms with E-state index in [4.69, 9.17) is 9.47 Å². The first-order valence-electron chi connectivity index (χ1n) is 8.94. The van der Waals surface area contributed by atoms with Crippen LogP contribution in [0.5, 0.6) is 11.5 Å². The van der Waals surface area contributed by atoms with Crippen LogP contribution in [0.15, 0.2) is 18.2 Å². The summed E-state index contributed by atoms with van der Waals surface area (Å²) >= 11 is 0. The quantitative estimate of drug-likeness (QED) is 0.557. The van der Waals surface area contributed by atoms with E-state index < -0.39 is 0 Å². The van der Waals surface area contributed by atoms with Crippen molar-refractivity contribution in [2.45, 2.75) is 39.8 Å². The van der Waals surface area contributed by atoms with Gasteiger partial charge in [-0.2, -0.15) is 0 Å². The summed E-state index contributed by atoms with van der Waals surface area (Å²) in [6.07, 6.45) is 0. The van der Waals surface area contributed by atoms with Crippen LogP contribution in [0.1, 0.15) is 39.3 Å². The lowest BCUT2D eigenvalue weighted by atomic mass is 10.1. The Bertz CT molecular complexity index is 604. The van der Waals surface area contributed by atoms with Crippen molar-refractivity contribution in [3.05, 3.63) is 23.8 Å². The number of benzene rings is 1. The average Bonchev–Trinajstić information content (AvgIpc) is 2.59. The molecule has 0 aliphatic carbocycles. The Morgan fingerprint density at radius 1 is 1.04 bits per heavy atom. The fourth-order valence-electron chi connectivity index (χ4n) is 2.69. The molecule has 0 bridgehead atoms. The van der Waals surface area contributed by atoms with E-state index in [-0.39, 0.29) is 37.0 Å². The number of carbonyl (C=O) groups is 2. The van der Waals surface area contributed by atoms with Crippen LogP contribution in [-0.4, -0.2) is 51.7 Å². The Hall–Kier alpha value is -2.28. The maximum atomic E-state index is 12.4. The normalized spacial score (nSPS) is 13.0. The molecule has 0 aliphatic heterocycles. The van der Waals surface area contributed by atoms with Crippen molar-refractivity contribution < 1.29 is 24.0 Å². The van der Waals surface area contributed by atoms with Crippen LogP contribution in [0.2, 0.25) is 0 Å². The predicted octanol–water partition coefficient (Wildman–Crippen LogP) is 0.310. The lowest BCUT2D eigenvalue weighted by molar-refractivity contribution is -0.881. The van der Waals surface area contributed by atoms with Gasteiger partial charge in [0.05, 0.1) is 26.8 Å². The molecule has 26 heavy (non-hydrogen) atoms. The maximum Gasteiger partial charge on any atom is 0.275 e. The first kappa shape index (κ1) is 21.8. The highest BCUT2D eigenvalue weighted by molar-refractivity contribution is 5.79. The third-order valence-electron chi connectivity index (χ3n) is 4.05. The van der Waals surface area contributed by atoms with Gasteiger partial charge in [0, 0.05) is 11.6 Å². The molecule has 1 rings (SSSR count). The second-order valence-corrected chi connectivity index (χ2v) is 6.58. The number of hydrogen-bond donors (Lipinski definition) is 3. The summed E-state index contributed by atoms with van der Waals surface area (Å²) in [5.41, 5.74) is 0.843. The average molecular weight is 366 g/mol. The third-order valence-corrected chi connectivity index (χ3v) is 4.05. The number of ether oxygens (including phenoxy) is 2. The molecule has 0 heterocycles. The minimum Gasteiger partial charge on any atom is -0.497 e. The second-order valence-electron chi connectivity index (χ2n) is 6.58. The number of quaternary nitrogens is 1. The molecular formula is C19H32N3O4+. The van der Waals surface area contributed by atoms with Gasteiger partial charge in [-0.25, -0.2) is 0 Å². The molecule has 3 N–H and O–H groups in total. The van der Waals surface area contributed by atoms with Crippen molar-refractivity contribution in [2.75, 3.05) is 33.9 Å². The number of nitrogens with one attached hydrogen (secondary N) is 3. The minimum absolute atomic E-state index is 0.0489. The second kappa shape index (κ2) is 10.7. The Balaban J connectivity index is 2.70. The van der Waals surface area contributed by atoms with Gasteiger partial charge in [-0.3, -0.25) is 9.59 Å². The summed E-state index contributed by atoms with van der Waals surface area (Å²) < 4.78 is 10.6. The maximum absolute atomic E-state index is 12.4. The van der Waals surface area contributed by atoms with Gasteiger partial charge in [-0.15, -0.1) is 0 Å². The molecule has 0 aliphatic rings. The molecule has 0 saturated heterocycles. The molecule has 1 unspecified atom stereocenters. The van der Waals surface area contributed by atoms with Crippen molar-refractivity contribution in [2.24, 2.45) is 0 Å². The van der Waals surface area contributed by atoms with Gasteiger partial charge in [0.25, 0.3) is 11.8 Å². The van der Waals surface area contributed by atoms with Crippen molar-refractivity contribution in [3.63, 3.8) is 0 Å². The largest absolute Gasteiger partial charge is 0.497 e. The van der Waals surface area contributed by atoms with Gasteiger partial charge >= 0.3 is 0 Å². The molecule has 7 nitrogen and oxygen atoms in total. The standard InChI is InChI=1S/C19H31N3O4/c1-7-22(11-18(23)20-13(2)3)12-19(24)21-14(4)16-10-15(25-5)8-9-17(16)26-6/h8-10,13-14H,7,11-12H2,1-6H3,(H,20,23)(H,21,24)/p+1/t14-/m0/s1. The number of rotatable bonds is 10. The van der Waals surface area contributed by atoms with Gasteiger partial charge in [-0.05, 0) is 45.9 Å². The van der Waals surface area contributed by atoms with Gasteiger partial charge in [0.1, 0.15) is 11.5 Å². The van der Waals surface area contributed by atoms with E-state index in [1.807, 2.05) is 45.9 Å². The number of carbonyl (C=O) groups excluding carboxylic acids is 2. The van der Waals surface area contributed by atoms with E-state index in [1.165, 1.54) is 0 Å². The summed E-state index contributed by atoms with van der Waals surface area (Å²) in [7, 11) is 3.19. The predicted molar refractivity (Wildman–Crippen MR) is 101 cm³/mol. The fourth-order valence-corrected chi connectivity index (χ4v) is 2.69. The number of likely N-dealkylation sites (N-methyl/N-ethyl adjacent to an activating group) is 1. The summed E-state index contributed by atoms with van der Waals surface area (Å²) in [6, 6.07) is 5.33. The zero-order valence-corrected chi connectivity index (χ0v) is 16.6. The number of hydrogen-bond acceptors (Lipinski definition) is 4. The SMILES string of the molecule is CC[NH+](CC(=O)NC(C)C)CC(=O)N[C@@H](C)c1cc(OC)ccc1OC. The van der Waals surface area contributed by atoms with Crippen LogP contribution >= 0.6 is 0 Å². The zero-order valence-electron chi connectivity index (χ0n) is 16.6. The van der Waals surface area contributed by atoms with Crippen molar-refractivity contribution in [3.8, 4) is 11.5 Å². The molecular weight excluding hydrogens is 334 g/mol. The zero-order chi connectivity index (χ0) is 19.7. The van der Waals surface area contributed by atoms with Crippen LogP contribution in [0.4, 0.5) is 0 Å². The van der Waals surface area contributed by atoms with E-state index in [2.05, 4.69) is 10.6 Å². The highest BCUT2D eigenvalue weighted by Gasteiger charge is 2.20. The lowest BCUT2D eigenvalue weighted by Gasteiger charge is -2.21. The number of methoxy groups -OCH3 is 2. The molecule has 7 heteroatoms. The van der Waals surface area contributed by atoms with Gasteiger partial charge < -0.3 is 25.0 Å². The molecule has 0 saturated carbocycles. The van der Waals surface area contributed by atoms with E-state index in [9.17, 15) is 9.59 Å². The first-order valence-corrected chi connectivity index (χ1v) is 8.94. The smallest absolute Gasteiger partial charge is 0.275 e. The molecule has 2 atom stereocenters. The van der Waals surface area contributed by atoms with Gasteiger partial charge in [0.2, 0.25) is 0 Å². The molecule has 0 spiro atoms. The highest BCUT2D eigenvalue weighted by Crippen LogP contribution is 2.29. The summed E-state index contributed by atoms with van der Waals surface area (Å²) in [6.45, 7) is 8.89. The van der Waals surface area contributed by atoms with Crippen LogP contribution < -0.4 is 25.0 Å². The Morgan fingerprint density at radius 3 is 2.15 bits per heavy atom. The molecule has 0 fully saturated rings. The Morgan fingerprint density at radius 2 is 1.65 bits per heavy atom. The molecule has 0 aromatic heterocycles. The minimum atomic E-state index is -0.241. The van der Waals surface area contributed by atoms with Crippen LogP contribution in [-0.2, 0) is 9.59 Å².